The third-order valence-electron chi connectivity index (χ3n) is 5.12. The van der Waals surface area contributed by atoms with Crippen LogP contribution >= 0.6 is 11.8 Å². The highest BCUT2D eigenvalue weighted by Crippen LogP contribution is 2.25. The Labute approximate surface area is 199 Å². The summed E-state index contributed by atoms with van der Waals surface area (Å²) < 4.78 is 5.24. The normalized spacial score (nSPS) is 11.1. The molecule has 0 bridgehead atoms. The number of carbonyl (C=O) groups excluding carboxylic acids is 1. The van der Waals surface area contributed by atoms with E-state index in [1.54, 1.807) is 18.9 Å². The fraction of sp³-hybridized carbons (Fsp3) is 0.0690. The number of hydrogen-bond acceptors (Lipinski definition) is 3. The Kier molecular flexibility index (Phi) is 7.62. The second-order valence-electron chi connectivity index (χ2n) is 7.45. The van der Waals surface area contributed by atoms with Crippen LogP contribution in [0.5, 0.6) is 5.75 Å². The van der Waals surface area contributed by atoms with Gasteiger partial charge in [-0.2, -0.15) is 0 Å². The van der Waals surface area contributed by atoms with Crippen LogP contribution in [0.4, 0.5) is 5.69 Å². The predicted octanol–water partition coefficient (Wildman–Crippen LogP) is 7.17. The number of amides is 1. The molecular formula is C29H25NO2S. The molecule has 3 nitrogen and oxygen atoms in total. The SMILES string of the molecule is COc1ccc(/C=C(/C(=O)Nc2ccc(CSc3ccccc3)cc2)c2ccccc2)cc1. The summed E-state index contributed by atoms with van der Waals surface area (Å²) in [5.74, 6) is 1.51. The maximum atomic E-state index is 13.2. The van der Waals surface area contributed by atoms with E-state index < -0.39 is 0 Å². The number of ether oxygens (including phenoxy) is 1. The summed E-state index contributed by atoms with van der Waals surface area (Å²) in [5.41, 5.74) is 4.37. The zero-order chi connectivity index (χ0) is 22.9. The van der Waals surface area contributed by atoms with E-state index >= 15 is 0 Å². The molecular weight excluding hydrogens is 426 g/mol. The van der Waals surface area contributed by atoms with Crippen LogP contribution in [0, 0.1) is 0 Å². The summed E-state index contributed by atoms with van der Waals surface area (Å²) in [6, 6.07) is 35.7. The first-order chi connectivity index (χ1) is 16.2. The van der Waals surface area contributed by atoms with Crippen LogP contribution in [-0.2, 0) is 10.5 Å². The van der Waals surface area contributed by atoms with E-state index in [-0.39, 0.29) is 5.91 Å². The molecule has 164 valence electrons. The second-order valence-corrected chi connectivity index (χ2v) is 8.50. The highest BCUT2D eigenvalue weighted by Gasteiger charge is 2.13. The fourth-order valence-corrected chi connectivity index (χ4v) is 4.21. The fourth-order valence-electron chi connectivity index (χ4n) is 3.33. The van der Waals surface area contributed by atoms with Crippen molar-refractivity contribution in [3.8, 4) is 5.75 Å². The van der Waals surface area contributed by atoms with E-state index in [4.69, 9.17) is 4.74 Å². The molecule has 0 spiro atoms. The van der Waals surface area contributed by atoms with Gasteiger partial charge in [-0.1, -0.05) is 72.8 Å². The number of anilines is 1. The van der Waals surface area contributed by atoms with E-state index in [2.05, 4.69) is 29.6 Å². The molecule has 1 amide bonds. The van der Waals surface area contributed by atoms with E-state index in [0.717, 1.165) is 28.3 Å². The topological polar surface area (TPSA) is 38.3 Å². The maximum absolute atomic E-state index is 13.2. The largest absolute Gasteiger partial charge is 0.497 e. The van der Waals surface area contributed by atoms with Crippen molar-refractivity contribution in [3.63, 3.8) is 0 Å². The van der Waals surface area contributed by atoms with Crippen molar-refractivity contribution in [3.05, 3.63) is 126 Å². The molecule has 0 aliphatic carbocycles. The summed E-state index contributed by atoms with van der Waals surface area (Å²) >= 11 is 1.79. The minimum Gasteiger partial charge on any atom is -0.497 e. The third kappa shape index (κ3) is 6.37. The Bertz CT molecular complexity index is 1200. The highest BCUT2D eigenvalue weighted by atomic mass is 32.2. The van der Waals surface area contributed by atoms with E-state index in [0.29, 0.717) is 5.57 Å². The lowest BCUT2D eigenvalue weighted by Gasteiger charge is -2.11. The molecule has 0 heterocycles. The summed E-state index contributed by atoms with van der Waals surface area (Å²) in [5, 5.41) is 3.05. The van der Waals surface area contributed by atoms with Crippen molar-refractivity contribution in [1.29, 1.82) is 0 Å². The molecule has 0 aliphatic rings. The van der Waals surface area contributed by atoms with Gasteiger partial charge in [-0.05, 0) is 59.2 Å². The van der Waals surface area contributed by atoms with Crippen LogP contribution < -0.4 is 10.1 Å². The van der Waals surface area contributed by atoms with Crippen molar-refractivity contribution >= 4 is 35.0 Å². The number of rotatable bonds is 8. The van der Waals surface area contributed by atoms with Crippen molar-refractivity contribution in [2.45, 2.75) is 10.6 Å². The zero-order valence-electron chi connectivity index (χ0n) is 18.4. The molecule has 0 aliphatic heterocycles. The molecule has 0 fully saturated rings. The zero-order valence-corrected chi connectivity index (χ0v) is 19.2. The number of thioether (sulfide) groups is 1. The summed E-state index contributed by atoms with van der Waals surface area (Å²) in [6.07, 6.45) is 1.90. The second kappa shape index (κ2) is 11.2. The molecule has 0 unspecified atom stereocenters. The van der Waals surface area contributed by atoms with Crippen LogP contribution in [0.1, 0.15) is 16.7 Å². The number of nitrogens with one attached hydrogen (secondary N) is 1. The van der Waals surface area contributed by atoms with E-state index in [1.807, 2.05) is 91.0 Å². The van der Waals surface area contributed by atoms with Crippen molar-refractivity contribution < 1.29 is 9.53 Å². The van der Waals surface area contributed by atoms with E-state index in [1.165, 1.54) is 10.5 Å². The number of carbonyl (C=O) groups is 1. The van der Waals surface area contributed by atoms with Gasteiger partial charge in [-0.3, -0.25) is 4.79 Å². The van der Waals surface area contributed by atoms with Crippen molar-refractivity contribution in [1.82, 2.24) is 0 Å². The molecule has 0 aromatic heterocycles. The molecule has 33 heavy (non-hydrogen) atoms. The van der Waals surface area contributed by atoms with Crippen LogP contribution in [0.25, 0.3) is 11.6 Å². The van der Waals surface area contributed by atoms with Gasteiger partial charge in [0.1, 0.15) is 5.75 Å². The number of methoxy groups -OCH3 is 1. The number of hydrogen-bond donors (Lipinski definition) is 1. The first kappa shape index (κ1) is 22.4. The van der Waals surface area contributed by atoms with Gasteiger partial charge in [-0.25, -0.2) is 0 Å². The van der Waals surface area contributed by atoms with Crippen molar-refractivity contribution in [2.24, 2.45) is 0 Å². The monoisotopic (exact) mass is 451 g/mol. The van der Waals surface area contributed by atoms with Gasteiger partial charge in [0.05, 0.1) is 7.11 Å². The Morgan fingerprint density at radius 3 is 2.09 bits per heavy atom. The average Bonchev–Trinajstić information content (AvgIpc) is 2.88. The first-order valence-corrected chi connectivity index (χ1v) is 11.7. The lowest BCUT2D eigenvalue weighted by molar-refractivity contribution is -0.111. The van der Waals surface area contributed by atoms with Gasteiger partial charge < -0.3 is 10.1 Å². The molecule has 0 saturated heterocycles. The molecule has 0 saturated carbocycles. The molecule has 0 radical (unpaired) electrons. The van der Waals surface area contributed by atoms with Gasteiger partial charge in [0, 0.05) is 21.9 Å². The van der Waals surface area contributed by atoms with Gasteiger partial charge in [-0.15, -0.1) is 11.8 Å². The number of benzene rings is 4. The van der Waals surface area contributed by atoms with Crippen LogP contribution in [-0.4, -0.2) is 13.0 Å². The highest BCUT2D eigenvalue weighted by molar-refractivity contribution is 7.98. The average molecular weight is 452 g/mol. The maximum Gasteiger partial charge on any atom is 0.256 e. The minimum absolute atomic E-state index is 0.150. The van der Waals surface area contributed by atoms with Crippen molar-refractivity contribution in [2.75, 3.05) is 12.4 Å². The molecule has 4 heteroatoms. The van der Waals surface area contributed by atoms with Gasteiger partial charge in [0.25, 0.3) is 5.91 Å². The summed E-state index contributed by atoms with van der Waals surface area (Å²) in [4.78, 5) is 14.5. The van der Waals surface area contributed by atoms with Crippen LogP contribution in [0.2, 0.25) is 0 Å². The molecule has 0 atom stereocenters. The van der Waals surface area contributed by atoms with Crippen LogP contribution in [0.15, 0.2) is 114 Å². The lowest BCUT2D eigenvalue weighted by Crippen LogP contribution is -2.13. The Hall–Kier alpha value is -3.76. The summed E-state index contributed by atoms with van der Waals surface area (Å²) in [7, 11) is 1.64. The van der Waals surface area contributed by atoms with Gasteiger partial charge >= 0.3 is 0 Å². The molecule has 4 aromatic carbocycles. The Morgan fingerprint density at radius 2 is 1.45 bits per heavy atom. The smallest absolute Gasteiger partial charge is 0.256 e. The standard InChI is InChI=1S/C29H25NO2S/c1-32-26-18-14-22(15-19-26)20-28(24-8-4-2-5-9-24)29(31)30-25-16-12-23(13-17-25)21-33-27-10-6-3-7-11-27/h2-20H,21H2,1H3,(H,30,31)/b28-20+. The minimum atomic E-state index is -0.150. The predicted molar refractivity (Wildman–Crippen MR) is 138 cm³/mol. The Balaban J connectivity index is 1.49. The molecule has 4 aromatic rings. The molecule has 4 rings (SSSR count). The summed E-state index contributed by atoms with van der Waals surface area (Å²) in [6.45, 7) is 0. The van der Waals surface area contributed by atoms with Gasteiger partial charge in [0.15, 0.2) is 0 Å². The first-order valence-electron chi connectivity index (χ1n) is 10.7. The van der Waals surface area contributed by atoms with Gasteiger partial charge in [0.2, 0.25) is 0 Å². The lowest BCUT2D eigenvalue weighted by atomic mass is 10.0. The van der Waals surface area contributed by atoms with E-state index in [9.17, 15) is 4.79 Å². The quantitative estimate of drug-likeness (QED) is 0.175. The molecule has 1 N–H and O–H groups in total. The Morgan fingerprint density at radius 1 is 0.818 bits per heavy atom. The third-order valence-corrected chi connectivity index (χ3v) is 6.20. The van der Waals surface area contributed by atoms with Crippen LogP contribution in [0.3, 0.4) is 0 Å².